The summed E-state index contributed by atoms with van der Waals surface area (Å²) in [6, 6.07) is 11.7. The van der Waals surface area contributed by atoms with Gasteiger partial charge in [-0.25, -0.2) is 15.0 Å². The first-order chi connectivity index (χ1) is 15.2. The minimum absolute atomic E-state index is 0.303. The number of alkyl halides is 3. The van der Waals surface area contributed by atoms with Crippen molar-refractivity contribution >= 4 is 22.5 Å². The Hall–Kier alpha value is -4.01. The third kappa shape index (κ3) is 4.36. The molecule has 2 aromatic carbocycles. The van der Waals surface area contributed by atoms with Crippen LogP contribution >= 0.6 is 0 Å². The van der Waals surface area contributed by atoms with Crippen LogP contribution in [0, 0.1) is 6.92 Å². The van der Waals surface area contributed by atoms with E-state index in [-0.39, 0.29) is 5.91 Å². The molecule has 162 valence electrons. The molecule has 32 heavy (non-hydrogen) atoms. The average Bonchev–Trinajstić information content (AvgIpc) is 2.79. The number of ether oxygens (including phenoxy) is 1. The summed E-state index contributed by atoms with van der Waals surface area (Å²) in [6.07, 6.45) is -1.57. The number of aromatic nitrogens is 3. The van der Waals surface area contributed by atoms with E-state index in [0.717, 1.165) is 17.7 Å². The highest BCUT2D eigenvalue weighted by Gasteiger charge is 2.30. The lowest BCUT2D eigenvalue weighted by Gasteiger charge is -2.11. The van der Waals surface area contributed by atoms with Crippen LogP contribution in [-0.2, 0) is 6.18 Å². The molecule has 4 rings (SSSR count). The molecule has 2 heterocycles. The van der Waals surface area contributed by atoms with E-state index in [0.29, 0.717) is 39.4 Å². The standard InChI is InChI=1S/C23H17F3N4O2/c1-13-9-14(3-5-18(13)30-22(31)15-7-8-27-20(11-15)32-2)21-28-12-16-10-17(23(24,25)26)4-6-19(16)29-21/h3-12H,1-2H3,(H,30,31). The van der Waals surface area contributed by atoms with Crippen molar-refractivity contribution in [2.75, 3.05) is 12.4 Å². The molecule has 0 unspecified atom stereocenters. The zero-order valence-electron chi connectivity index (χ0n) is 17.1. The zero-order chi connectivity index (χ0) is 22.9. The second-order valence-electron chi connectivity index (χ2n) is 7.04. The van der Waals surface area contributed by atoms with Gasteiger partial charge in [-0.1, -0.05) is 0 Å². The highest BCUT2D eigenvalue weighted by Crippen LogP contribution is 2.31. The van der Waals surface area contributed by atoms with Crippen molar-refractivity contribution < 1.29 is 22.7 Å². The first-order valence-electron chi connectivity index (χ1n) is 9.51. The number of fused-ring (bicyclic) bond motifs is 1. The van der Waals surface area contributed by atoms with Gasteiger partial charge in [-0.15, -0.1) is 0 Å². The smallest absolute Gasteiger partial charge is 0.416 e. The average molecular weight is 438 g/mol. The van der Waals surface area contributed by atoms with Gasteiger partial charge < -0.3 is 10.1 Å². The Balaban J connectivity index is 1.58. The number of carbonyl (C=O) groups excluding carboxylic acids is 1. The normalized spacial score (nSPS) is 11.4. The van der Waals surface area contributed by atoms with E-state index in [1.165, 1.54) is 31.6 Å². The van der Waals surface area contributed by atoms with E-state index in [4.69, 9.17) is 4.74 Å². The van der Waals surface area contributed by atoms with Crippen molar-refractivity contribution in [3.05, 3.63) is 77.6 Å². The number of carbonyl (C=O) groups is 1. The molecule has 0 aliphatic carbocycles. The van der Waals surface area contributed by atoms with Gasteiger partial charge in [0.15, 0.2) is 5.82 Å². The maximum atomic E-state index is 12.9. The molecule has 1 amide bonds. The fourth-order valence-corrected chi connectivity index (χ4v) is 3.15. The van der Waals surface area contributed by atoms with Crippen LogP contribution in [0.15, 0.2) is 60.9 Å². The van der Waals surface area contributed by atoms with Crippen molar-refractivity contribution in [2.45, 2.75) is 13.1 Å². The Labute approximate surface area is 181 Å². The van der Waals surface area contributed by atoms with E-state index in [1.807, 2.05) is 6.92 Å². The molecule has 0 spiro atoms. The van der Waals surface area contributed by atoms with Crippen LogP contribution in [0.5, 0.6) is 5.88 Å². The molecule has 0 atom stereocenters. The summed E-state index contributed by atoms with van der Waals surface area (Å²) in [4.78, 5) is 25.1. The number of aryl methyl sites for hydroxylation is 1. The molecular formula is C23H17F3N4O2. The van der Waals surface area contributed by atoms with E-state index in [2.05, 4.69) is 20.3 Å². The van der Waals surface area contributed by atoms with E-state index < -0.39 is 11.7 Å². The van der Waals surface area contributed by atoms with Gasteiger partial charge in [0, 0.05) is 40.7 Å². The number of methoxy groups -OCH3 is 1. The summed E-state index contributed by atoms with van der Waals surface area (Å²) in [5.74, 6) is 0.390. The van der Waals surface area contributed by atoms with Gasteiger partial charge in [-0.3, -0.25) is 4.79 Å². The lowest BCUT2D eigenvalue weighted by atomic mass is 10.1. The third-order valence-corrected chi connectivity index (χ3v) is 4.85. The molecule has 9 heteroatoms. The SMILES string of the molecule is COc1cc(C(=O)Nc2ccc(-c3ncc4cc(C(F)(F)F)ccc4n3)cc2C)ccn1. The summed E-state index contributed by atoms with van der Waals surface area (Å²) in [7, 11) is 1.47. The number of halogens is 3. The van der Waals surface area contributed by atoms with Crippen LogP contribution in [0.1, 0.15) is 21.5 Å². The lowest BCUT2D eigenvalue weighted by molar-refractivity contribution is -0.137. The van der Waals surface area contributed by atoms with Crippen LogP contribution in [0.4, 0.5) is 18.9 Å². The minimum Gasteiger partial charge on any atom is -0.481 e. The number of benzene rings is 2. The molecule has 4 aromatic rings. The molecule has 0 aliphatic rings. The molecule has 0 aliphatic heterocycles. The Morgan fingerprint density at radius 3 is 2.56 bits per heavy atom. The maximum Gasteiger partial charge on any atom is 0.416 e. The van der Waals surface area contributed by atoms with Gasteiger partial charge >= 0.3 is 6.18 Å². The first-order valence-corrected chi connectivity index (χ1v) is 9.51. The Morgan fingerprint density at radius 1 is 1.03 bits per heavy atom. The number of hydrogen-bond donors (Lipinski definition) is 1. The van der Waals surface area contributed by atoms with Gasteiger partial charge in [0.25, 0.3) is 5.91 Å². The summed E-state index contributed by atoms with van der Waals surface area (Å²) in [5, 5.41) is 3.14. The second-order valence-corrected chi connectivity index (χ2v) is 7.04. The first kappa shape index (κ1) is 21.2. The van der Waals surface area contributed by atoms with Gasteiger partial charge in [0.2, 0.25) is 5.88 Å². The largest absolute Gasteiger partial charge is 0.481 e. The molecule has 0 radical (unpaired) electrons. The summed E-state index contributed by atoms with van der Waals surface area (Å²) in [5.41, 5.74) is 2.11. The number of nitrogens with zero attached hydrogens (tertiary/aromatic N) is 3. The molecule has 1 N–H and O–H groups in total. The van der Waals surface area contributed by atoms with Gasteiger partial charge in [-0.05, 0) is 55.0 Å². The quantitative estimate of drug-likeness (QED) is 0.469. The minimum atomic E-state index is -4.42. The maximum absolute atomic E-state index is 12.9. The monoisotopic (exact) mass is 438 g/mol. The fraction of sp³-hybridized carbons (Fsp3) is 0.130. The topological polar surface area (TPSA) is 77.0 Å². The summed E-state index contributed by atoms with van der Waals surface area (Å²) < 4.78 is 43.7. The summed E-state index contributed by atoms with van der Waals surface area (Å²) in [6.45, 7) is 1.82. The van der Waals surface area contributed by atoms with Crippen LogP contribution in [0.3, 0.4) is 0 Å². The molecule has 0 bridgehead atoms. The highest BCUT2D eigenvalue weighted by atomic mass is 19.4. The fourth-order valence-electron chi connectivity index (χ4n) is 3.15. The Kier molecular flexibility index (Phi) is 5.48. The number of nitrogens with one attached hydrogen (secondary N) is 1. The van der Waals surface area contributed by atoms with E-state index >= 15 is 0 Å². The molecule has 2 aromatic heterocycles. The predicted octanol–water partition coefficient (Wildman–Crippen LogP) is 5.28. The zero-order valence-corrected chi connectivity index (χ0v) is 17.1. The number of amides is 1. The molecular weight excluding hydrogens is 421 g/mol. The van der Waals surface area contributed by atoms with E-state index in [1.54, 1.807) is 24.3 Å². The molecule has 0 fully saturated rings. The number of rotatable bonds is 4. The number of anilines is 1. The third-order valence-electron chi connectivity index (χ3n) is 4.85. The van der Waals surface area contributed by atoms with Gasteiger partial charge in [0.1, 0.15) is 0 Å². The molecule has 0 saturated heterocycles. The predicted molar refractivity (Wildman–Crippen MR) is 113 cm³/mol. The van der Waals surface area contributed by atoms with Crippen molar-refractivity contribution in [3.8, 4) is 17.3 Å². The molecule has 6 nitrogen and oxygen atoms in total. The van der Waals surface area contributed by atoms with Crippen LogP contribution < -0.4 is 10.1 Å². The Bertz CT molecular complexity index is 1320. The van der Waals surface area contributed by atoms with Crippen molar-refractivity contribution in [3.63, 3.8) is 0 Å². The van der Waals surface area contributed by atoms with Crippen molar-refractivity contribution in [2.24, 2.45) is 0 Å². The van der Waals surface area contributed by atoms with Crippen LogP contribution in [0.25, 0.3) is 22.3 Å². The van der Waals surface area contributed by atoms with Crippen molar-refractivity contribution in [1.29, 1.82) is 0 Å². The Morgan fingerprint density at radius 2 is 1.84 bits per heavy atom. The van der Waals surface area contributed by atoms with Crippen LogP contribution in [-0.4, -0.2) is 28.0 Å². The number of pyridine rings is 1. The summed E-state index contributed by atoms with van der Waals surface area (Å²) >= 11 is 0. The van der Waals surface area contributed by atoms with Gasteiger partial charge in [0.05, 0.1) is 18.2 Å². The van der Waals surface area contributed by atoms with Crippen molar-refractivity contribution in [1.82, 2.24) is 15.0 Å². The highest BCUT2D eigenvalue weighted by molar-refractivity contribution is 6.04. The van der Waals surface area contributed by atoms with Gasteiger partial charge in [-0.2, -0.15) is 13.2 Å². The van der Waals surface area contributed by atoms with E-state index in [9.17, 15) is 18.0 Å². The molecule has 0 saturated carbocycles. The lowest BCUT2D eigenvalue weighted by Crippen LogP contribution is -2.13. The number of hydrogen-bond acceptors (Lipinski definition) is 5. The van der Waals surface area contributed by atoms with Crippen LogP contribution in [0.2, 0.25) is 0 Å². The second kappa shape index (κ2) is 8.26.